The first kappa shape index (κ1) is 32.2. The zero-order valence-corrected chi connectivity index (χ0v) is 23.3. The van der Waals surface area contributed by atoms with E-state index in [1.807, 2.05) is 12.1 Å². The Morgan fingerprint density at radius 1 is 0.814 bits per heavy atom. The predicted octanol–water partition coefficient (Wildman–Crippen LogP) is 10.9. The molecule has 0 saturated heterocycles. The van der Waals surface area contributed by atoms with Gasteiger partial charge in [0, 0.05) is 12.1 Å². The fourth-order valence-corrected chi connectivity index (χ4v) is 5.56. The van der Waals surface area contributed by atoms with Gasteiger partial charge in [-0.25, -0.2) is 26.7 Å². The van der Waals surface area contributed by atoms with E-state index in [1.165, 1.54) is 38.5 Å². The molecule has 43 heavy (non-hydrogen) atoms. The zero-order valence-electron chi connectivity index (χ0n) is 23.3. The maximum Gasteiger partial charge on any atom is 0.412 e. The van der Waals surface area contributed by atoms with Crippen molar-refractivity contribution in [2.45, 2.75) is 70.4 Å². The van der Waals surface area contributed by atoms with Crippen molar-refractivity contribution in [2.75, 3.05) is 0 Å². The number of halogens is 8. The maximum absolute atomic E-state index is 14.9. The van der Waals surface area contributed by atoms with Gasteiger partial charge in [-0.2, -0.15) is 13.2 Å². The van der Waals surface area contributed by atoms with Crippen LogP contribution in [0.4, 0.5) is 35.1 Å². The van der Waals surface area contributed by atoms with Crippen molar-refractivity contribution in [1.29, 1.82) is 0 Å². The van der Waals surface area contributed by atoms with Crippen molar-refractivity contribution in [1.82, 2.24) is 0 Å². The number of carbonyl (C=O) groups is 1. The molecular formula is C33H30F8O2. The summed E-state index contributed by atoms with van der Waals surface area (Å²) in [7, 11) is 0. The van der Waals surface area contributed by atoms with Crippen LogP contribution in [0.25, 0.3) is 17.0 Å². The number of benzene rings is 3. The fraction of sp³-hybridized carbons (Fsp3) is 0.364. The summed E-state index contributed by atoms with van der Waals surface area (Å²) in [4.78, 5) is 12.5. The van der Waals surface area contributed by atoms with Crippen LogP contribution in [0.1, 0.15) is 85.7 Å². The summed E-state index contributed by atoms with van der Waals surface area (Å²) in [6.07, 6.45) is 3.40. The molecule has 0 N–H and O–H groups in total. The van der Waals surface area contributed by atoms with Crippen molar-refractivity contribution >= 4 is 11.8 Å². The topological polar surface area (TPSA) is 26.3 Å². The van der Waals surface area contributed by atoms with Crippen LogP contribution >= 0.6 is 0 Å². The number of ether oxygens (including phenoxy) is 1. The normalized spacial score (nSPS) is 17.7. The smallest absolute Gasteiger partial charge is 0.412 e. The Hall–Kier alpha value is -3.69. The molecule has 1 aliphatic carbocycles. The molecule has 0 spiro atoms. The predicted molar refractivity (Wildman–Crippen MR) is 147 cm³/mol. The molecule has 3 aromatic carbocycles. The van der Waals surface area contributed by atoms with E-state index in [0.29, 0.717) is 11.5 Å². The molecule has 0 bridgehead atoms. The number of esters is 1. The molecule has 0 aromatic heterocycles. The summed E-state index contributed by atoms with van der Waals surface area (Å²) in [5.41, 5.74) is -0.991. The molecule has 0 heterocycles. The van der Waals surface area contributed by atoms with Gasteiger partial charge in [0.05, 0.1) is 11.6 Å². The molecule has 1 fully saturated rings. The van der Waals surface area contributed by atoms with Crippen molar-refractivity contribution in [2.24, 2.45) is 5.92 Å². The number of allylic oxidation sites excluding steroid dienone is 1. The number of unbranched alkanes of at least 4 members (excludes halogenated alkanes) is 2. The van der Waals surface area contributed by atoms with E-state index < -0.39 is 64.2 Å². The highest BCUT2D eigenvalue weighted by Crippen LogP contribution is 2.38. The summed E-state index contributed by atoms with van der Waals surface area (Å²) in [6, 6.07) is 9.62. The molecule has 1 saturated carbocycles. The third-order valence-corrected chi connectivity index (χ3v) is 7.78. The van der Waals surface area contributed by atoms with E-state index in [4.69, 9.17) is 0 Å². The van der Waals surface area contributed by atoms with Gasteiger partial charge in [-0.15, -0.1) is 0 Å². The number of hydrogen-bond donors (Lipinski definition) is 0. The molecule has 0 radical (unpaired) electrons. The van der Waals surface area contributed by atoms with Crippen LogP contribution in [0.15, 0.2) is 54.6 Å². The molecular weight excluding hydrogens is 580 g/mol. The Morgan fingerprint density at radius 3 is 1.91 bits per heavy atom. The quantitative estimate of drug-likeness (QED) is 0.104. The monoisotopic (exact) mass is 610 g/mol. The van der Waals surface area contributed by atoms with Gasteiger partial charge in [0.2, 0.25) is 0 Å². The zero-order chi connectivity index (χ0) is 31.3. The standard InChI is InChI=1S/C33H30F8O2/c1-2-3-4-5-19-6-8-20(9-7-19)21-10-12-22(13-11-21)23-14-25(34)31(26(35)15-23)32(42)43-24-16-27(36)30(28(37)17-24)29(38)18-33(39,40)41/h10-20H,2-9H2,1H3. The molecule has 4 rings (SSSR count). The van der Waals surface area contributed by atoms with Gasteiger partial charge in [-0.1, -0.05) is 56.9 Å². The van der Waals surface area contributed by atoms with Crippen molar-refractivity contribution in [3.05, 3.63) is 94.6 Å². The molecule has 0 aliphatic heterocycles. The van der Waals surface area contributed by atoms with Gasteiger partial charge in [0.1, 0.15) is 40.4 Å². The first-order valence-corrected chi connectivity index (χ1v) is 14.1. The summed E-state index contributed by atoms with van der Waals surface area (Å²) >= 11 is 0. The van der Waals surface area contributed by atoms with Crippen LogP contribution in [0.2, 0.25) is 0 Å². The van der Waals surface area contributed by atoms with Crippen LogP contribution in [-0.4, -0.2) is 12.1 Å². The van der Waals surface area contributed by atoms with Gasteiger partial charge < -0.3 is 4.74 Å². The van der Waals surface area contributed by atoms with E-state index in [1.54, 1.807) is 12.1 Å². The fourth-order valence-electron chi connectivity index (χ4n) is 5.56. The average molecular weight is 611 g/mol. The van der Waals surface area contributed by atoms with Crippen LogP contribution in [0.5, 0.6) is 5.75 Å². The van der Waals surface area contributed by atoms with E-state index in [9.17, 15) is 39.9 Å². The third-order valence-electron chi connectivity index (χ3n) is 7.78. The van der Waals surface area contributed by atoms with Crippen molar-refractivity contribution < 1.29 is 44.7 Å². The summed E-state index contributed by atoms with van der Waals surface area (Å²) in [6.45, 7) is 2.19. The minimum Gasteiger partial charge on any atom is -0.423 e. The minimum atomic E-state index is -5.19. The van der Waals surface area contributed by atoms with E-state index in [0.717, 1.165) is 36.5 Å². The van der Waals surface area contributed by atoms with Crippen molar-refractivity contribution in [3.63, 3.8) is 0 Å². The Bertz CT molecular complexity index is 1420. The lowest BCUT2D eigenvalue weighted by molar-refractivity contribution is -0.0798. The van der Waals surface area contributed by atoms with Gasteiger partial charge in [-0.05, 0) is 66.3 Å². The van der Waals surface area contributed by atoms with Gasteiger partial charge in [0.15, 0.2) is 0 Å². The summed E-state index contributed by atoms with van der Waals surface area (Å²) in [5.74, 6) is -9.89. The van der Waals surface area contributed by atoms with Gasteiger partial charge in [-0.3, -0.25) is 0 Å². The second-order valence-electron chi connectivity index (χ2n) is 10.8. The number of alkyl halides is 3. The van der Waals surface area contributed by atoms with Crippen LogP contribution in [0.3, 0.4) is 0 Å². The number of rotatable bonds is 9. The Kier molecular flexibility index (Phi) is 10.3. The average Bonchev–Trinajstić information content (AvgIpc) is 2.92. The van der Waals surface area contributed by atoms with Gasteiger partial charge in [0.25, 0.3) is 0 Å². The SMILES string of the molecule is CCCCCC1CCC(c2ccc(-c3cc(F)c(C(=O)Oc4cc(F)c(C(F)=CC(F)(F)F)c(F)c4)c(F)c3)cc2)CC1. The van der Waals surface area contributed by atoms with Crippen molar-refractivity contribution in [3.8, 4) is 16.9 Å². The molecule has 230 valence electrons. The summed E-state index contributed by atoms with van der Waals surface area (Å²) in [5, 5.41) is 0. The van der Waals surface area contributed by atoms with Gasteiger partial charge >= 0.3 is 12.1 Å². The maximum atomic E-state index is 14.9. The Morgan fingerprint density at radius 2 is 1.37 bits per heavy atom. The molecule has 0 atom stereocenters. The number of hydrogen-bond acceptors (Lipinski definition) is 2. The highest BCUT2D eigenvalue weighted by atomic mass is 19.4. The molecule has 2 nitrogen and oxygen atoms in total. The highest BCUT2D eigenvalue weighted by Gasteiger charge is 2.29. The molecule has 3 aromatic rings. The number of carbonyl (C=O) groups excluding carboxylic acids is 1. The minimum absolute atomic E-state index is 0.145. The van der Waals surface area contributed by atoms with E-state index >= 15 is 0 Å². The van der Waals surface area contributed by atoms with E-state index in [-0.39, 0.29) is 17.7 Å². The lowest BCUT2D eigenvalue weighted by atomic mass is 9.77. The largest absolute Gasteiger partial charge is 0.423 e. The lowest BCUT2D eigenvalue weighted by Crippen LogP contribution is -2.14. The second kappa shape index (κ2) is 13.7. The van der Waals surface area contributed by atoms with Crippen LogP contribution in [-0.2, 0) is 0 Å². The first-order chi connectivity index (χ1) is 20.4. The molecule has 10 heteroatoms. The third kappa shape index (κ3) is 8.24. The molecule has 0 amide bonds. The Balaban J connectivity index is 1.45. The Labute approximate surface area is 244 Å². The highest BCUT2D eigenvalue weighted by molar-refractivity contribution is 5.92. The van der Waals surface area contributed by atoms with Crippen LogP contribution in [0, 0.1) is 29.2 Å². The summed E-state index contributed by atoms with van der Waals surface area (Å²) < 4.78 is 114. The second-order valence-corrected chi connectivity index (χ2v) is 10.8. The lowest BCUT2D eigenvalue weighted by Gasteiger charge is -2.29. The van der Waals surface area contributed by atoms with E-state index in [2.05, 4.69) is 11.7 Å². The van der Waals surface area contributed by atoms with Crippen LogP contribution < -0.4 is 4.74 Å². The first-order valence-electron chi connectivity index (χ1n) is 14.1. The molecule has 0 unspecified atom stereocenters. The molecule has 1 aliphatic rings.